The van der Waals surface area contributed by atoms with Gasteiger partial charge in [0.15, 0.2) is 6.61 Å². The van der Waals surface area contributed by atoms with Gasteiger partial charge in [-0.3, -0.25) is 9.59 Å². The Hall–Kier alpha value is -3.35. The van der Waals surface area contributed by atoms with Gasteiger partial charge in [-0.15, -0.1) is 0 Å². The second-order valence-corrected chi connectivity index (χ2v) is 6.28. The number of benzene rings is 2. The van der Waals surface area contributed by atoms with Gasteiger partial charge in [0, 0.05) is 11.3 Å². The molecule has 0 radical (unpaired) electrons. The number of para-hydroxylation sites is 1. The maximum absolute atomic E-state index is 13.6. The molecule has 0 amide bonds. The van der Waals surface area contributed by atoms with Crippen LogP contribution in [0.1, 0.15) is 27.3 Å². The molecule has 3 aromatic rings. The first-order valence-electron chi connectivity index (χ1n) is 8.61. The molecule has 0 saturated carbocycles. The van der Waals surface area contributed by atoms with Crippen molar-refractivity contribution in [3.8, 4) is 5.69 Å². The van der Waals surface area contributed by atoms with E-state index >= 15 is 0 Å². The summed E-state index contributed by atoms with van der Waals surface area (Å²) in [4.78, 5) is 24.2. The van der Waals surface area contributed by atoms with Gasteiger partial charge in [0.25, 0.3) is 0 Å². The van der Waals surface area contributed by atoms with E-state index in [1.807, 2.05) is 37.3 Å². The third kappa shape index (κ3) is 4.14. The van der Waals surface area contributed by atoms with Gasteiger partial charge in [0.1, 0.15) is 11.6 Å². The number of carbonyl (C=O) groups is 2. The van der Waals surface area contributed by atoms with Crippen molar-refractivity contribution >= 4 is 11.8 Å². The summed E-state index contributed by atoms with van der Waals surface area (Å²) in [6.45, 7) is 2.95. The van der Waals surface area contributed by atoms with Crippen LogP contribution in [0.3, 0.4) is 0 Å². The lowest BCUT2D eigenvalue weighted by Gasteiger charge is -2.07. The molecule has 144 valence electrons. The second-order valence-electron chi connectivity index (χ2n) is 6.28. The molecular formula is C21H18F2N2O3. The fourth-order valence-corrected chi connectivity index (χ4v) is 2.88. The van der Waals surface area contributed by atoms with E-state index in [4.69, 9.17) is 4.74 Å². The lowest BCUT2D eigenvalue weighted by Crippen LogP contribution is -2.17. The number of aromatic nitrogens is 2. The number of esters is 1. The summed E-state index contributed by atoms with van der Waals surface area (Å²) in [5.74, 6) is -3.06. The molecule has 1 aromatic heterocycles. The minimum atomic E-state index is -0.863. The van der Waals surface area contributed by atoms with Crippen LogP contribution in [0.15, 0.2) is 48.5 Å². The summed E-state index contributed by atoms with van der Waals surface area (Å²) in [5, 5.41) is 4.45. The van der Waals surface area contributed by atoms with Gasteiger partial charge < -0.3 is 4.74 Å². The Kier molecular flexibility index (Phi) is 5.63. The molecule has 2 aromatic carbocycles. The molecule has 5 nitrogen and oxygen atoms in total. The van der Waals surface area contributed by atoms with Crippen molar-refractivity contribution in [3.05, 3.63) is 82.7 Å². The summed E-state index contributed by atoms with van der Waals surface area (Å²) in [5.41, 5.74) is 2.55. The Balaban J connectivity index is 1.68. The number of nitrogens with zero attached hydrogens (tertiary/aromatic N) is 2. The molecule has 0 aliphatic rings. The summed E-state index contributed by atoms with van der Waals surface area (Å²) in [7, 11) is 0. The van der Waals surface area contributed by atoms with E-state index in [9.17, 15) is 18.4 Å². The number of hydrogen-bond acceptors (Lipinski definition) is 4. The monoisotopic (exact) mass is 384 g/mol. The van der Waals surface area contributed by atoms with Crippen molar-refractivity contribution in [2.24, 2.45) is 0 Å². The zero-order valence-corrected chi connectivity index (χ0v) is 15.4. The minimum absolute atomic E-state index is 0.0799. The Morgan fingerprint density at radius 1 is 1.07 bits per heavy atom. The maximum Gasteiger partial charge on any atom is 0.310 e. The third-order valence-corrected chi connectivity index (χ3v) is 4.36. The van der Waals surface area contributed by atoms with E-state index in [-0.39, 0.29) is 6.42 Å². The Morgan fingerprint density at radius 3 is 2.50 bits per heavy atom. The third-order valence-electron chi connectivity index (χ3n) is 4.36. The van der Waals surface area contributed by atoms with Gasteiger partial charge in [-0.05, 0) is 44.2 Å². The van der Waals surface area contributed by atoms with Gasteiger partial charge in [0.05, 0.1) is 23.4 Å². The van der Waals surface area contributed by atoms with Crippen molar-refractivity contribution in [1.29, 1.82) is 0 Å². The molecule has 0 unspecified atom stereocenters. The van der Waals surface area contributed by atoms with E-state index in [1.165, 1.54) is 0 Å². The molecule has 0 atom stereocenters. The Labute approximate surface area is 160 Å². The van der Waals surface area contributed by atoms with E-state index < -0.39 is 35.6 Å². The van der Waals surface area contributed by atoms with E-state index in [1.54, 1.807) is 11.6 Å². The summed E-state index contributed by atoms with van der Waals surface area (Å²) in [6.07, 6.45) is -0.0799. The number of ether oxygens (including phenoxy) is 1. The first-order chi connectivity index (χ1) is 13.4. The number of hydrogen-bond donors (Lipinski definition) is 0. The number of carbonyl (C=O) groups excluding carboxylic acids is 2. The molecule has 0 aliphatic carbocycles. The highest BCUT2D eigenvalue weighted by atomic mass is 19.1. The molecule has 0 bridgehead atoms. The van der Waals surface area contributed by atoms with Crippen LogP contribution in [0.2, 0.25) is 0 Å². The quantitative estimate of drug-likeness (QED) is 0.480. The lowest BCUT2D eigenvalue weighted by molar-refractivity contribution is -0.141. The number of aryl methyl sites for hydroxylation is 1. The van der Waals surface area contributed by atoms with Crippen LogP contribution in [-0.4, -0.2) is 28.1 Å². The highest BCUT2D eigenvalue weighted by Gasteiger charge is 2.19. The smallest absolute Gasteiger partial charge is 0.310 e. The molecule has 28 heavy (non-hydrogen) atoms. The molecule has 0 N–H and O–H groups in total. The van der Waals surface area contributed by atoms with Crippen molar-refractivity contribution in [2.75, 3.05) is 6.61 Å². The Morgan fingerprint density at radius 2 is 1.79 bits per heavy atom. The predicted molar refractivity (Wildman–Crippen MR) is 98.4 cm³/mol. The van der Waals surface area contributed by atoms with Gasteiger partial charge in [-0.25, -0.2) is 13.5 Å². The first-order valence-corrected chi connectivity index (χ1v) is 8.61. The topological polar surface area (TPSA) is 61.2 Å². The summed E-state index contributed by atoms with van der Waals surface area (Å²) < 4.78 is 33.5. The molecule has 0 saturated heterocycles. The predicted octanol–water partition coefficient (Wildman–Crippen LogP) is 3.74. The van der Waals surface area contributed by atoms with Crippen molar-refractivity contribution in [2.45, 2.75) is 20.3 Å². The second kappa shape index (κ2) is 8.12. The van der Waals surface area contributed by atoms with Crippen LogP contribution >= 0.6 is 0 Å². The molecule has 7 heteroatoms. The number of ketones is 1. The van der Waals surface area contributed by atoms with Crippen LogP contribution in [0.5, 0.6) is 0 Å². The minimum Gasteiger partial charge on any atom is -0.457 e. The fraction of sp³-hybridized carbons (Fsp3) is 0.190. The maximum atomic E-state index is 13.6. The largest absolute Gasteiger partial charge is 0.457 e. The van der Waals surface area contributed by atoms with E-state index in [2.05, 4.69) is 5.10 Å². The van der Waals surface area contributed by atoms with Crippen molar-refractivity contribution in [1.82, 2.24) is 9.78 Å². The van der Waals surface area contributed by atoms with Gasteiger partial charge >= 0.3 is 5.97 Å². The number of halogens is 2. The molecule has 0 spiro atoms. The molecule has 3 rings (SSSR count). The highest BCUT2D eigenvalue weighted by molar-refractivity contribution is 5.98. The standard InChI is InChI=1S/C21H18F2N2O3/c1-13-17(14(2)25(24-13)16-6-4-3-5-7-16)11-21(27)28-12-20(26)18-10-15(22)8-9-19(18)23/h3-10H,11-12H2,1-2H3. The van der Waals surface area contributed by atoms with E-state index in [0.717, 1.165) is 29.6 Å². The van der Waals surface area contributed by atoms with Gasteiger partial charge in [-0.2, -0.15) is 5.10 Å². The van der Waals surface area contributed by atoms with Crippen LogP contribution < -0.4 is 0 Å². The van der Waals surface area contributed by atoms with Crippen molar-refractivity contribution in [3.63, 3.8) is 0 Å². The molecule has 1 heterocycles. The fourth-order valence-electron chi connectivity index (χ4n) is 2.88. The van der Waals surface area contributed by atoms with Crippen LogP contribution in [0.25, 0.3) is 5.69 Å². The Bertz CT molecular complexity index is 1030. The number of rotatable bonds is 6. The normalized spacial score (nSPS) is 10.7. The zero-order valence-electron chi connectivity index (χ0n) is 15.4. The van der Waals surface area contributed by atoms with Crippen LogP contribution in [0, 0.1) is 25.5 Å². The lowest BCUT2D eigenvalue weighted by atomic mass is 10.1. The van der Waals surface area contributed by atoms with Crippen LogP contribution in [0.4, 0.5) is 8.78 Å². The molecular weight excluding hydrogens is 366 g/mol. The van der Waals surface area contributed by atoms with Gasteiger partial charge in [-0.1, -0.05) is 18.2 Å². The number of Topliss-reactive ketones (excluding diaryl/α,β-unsaturated/α-hetero) is 1. The SMILES string of the molecule is Cc1nn(-c2ccccc2)c(C)c1CC(=O)OCC(=O)c1cc(F)ccc1F. The zero-order chi connectivity index (χ0) is 20.3. The average molecular weight is 384 g/mol. The average Bonchev–Trinajstić information content (AvgIpc) is 2.97. The summed E-state index contributed by atoms with van der Waals surface area (Å²) in [6, 6.07) is 12.0. The van der Waals surface area contributed by atoms with Crippen molar-refractivity contribution < 1.29 is 23.1 Å². The van der Waals surface area contributed by atoms with Crippen LogP contribution in [-0.2, 0) is 16.0 Å². The first kappa shape index (κ1) is 19.4. The van der Waals surface area contributed by atoms with Gasteiger partial charge in [0.2, 0.25) is 5.78 Å². The molecule has 0 fully saturated rings. The van der Waals surface area contributed by atoms with E-state index in [0.29, 0.717) is 11.3 Å². The molecule has 0 aliphatic heterocycles. The summed E-state index contributed by atoms with van der Waals surface area (Å²) >= 11 is 0. The highest BCUT2D eigenvalue weighted by Crippen LogP contribution is 2.19.